The first-order chi connectivity index (χ1) is 9.48. The van der Waals surface area contributed by atoms with Gasteiger partial charge in [0, 0.05) is 11.8 Å². The number of rotatable bonds is 8. The first-order valence-electron chi connectivity index (χ1n) is 6.72. The molecule has 0 aromatic heterocycles. The van der Waals surface area contributed by atoms with Crippen molar-refractivity contribution in [3.8, 4) is 0 Å². The monoisotopic (exact) mass is 317 g/mol. The molecule has 0 aliphatic heterocycles. The Balaban J connectivity index is 3.03. The van der Waals surface area contributed by atoms with Crippen molar-refractivity contribution in [3.05, 3.63) is 29.3 Å². The Bertz CT molecular complexity index is 529. The molecule has 0 bridgehead atoms. The van der Waals surface area contributed by atoms with Gasteiger partial charge in [-0.05, 0) is 42.4 Å². The summed E-state index contributed by atoms with van der Waals surface area (Å²) in [5.74, 6) is 0.746. The second-order valence-electron chi connectivity index (χ2n) is 4.62. The van der Waals surface area contributed by atoms with Gasteiger partial charge in [0.05, 0.1) is 11.5 Å². The first kappa shape index (κ1) is 17.5. The number of aliphatic hydroxyl groups is 1. The fraction of sp³-hybridized carbons (Fsp3) is 0.571. The van der Waals surface area contributed by atoms with Crippen molar-refractivity contribution in [2.24, 2.45) is 0 Å². The minimum Gasteiger partial charge on any atom is -0.392 e. The molecule has 6 heteroatoms. The highest BCUT2D eigenvalue weighted by molar-refractivity contribution is 7.98. The van der Waals surface area contributed by atoms with E-state index in [2.05, 4.69) is 4.72 Å². The normalized spacial score (nSPS) is 13.4. The lowest BCUT2D eigenvalue weighted by molar-refractivity contribution is 0.280. The molecule has 1 aromatic carbocycles. The lowest BCUT2D eigenvalue weighted by Gasteiger charge is -2.17. The van der Waals surface area contributed by atoms with Crippen LogP contribution in [0.4, 0.5) is 0 Å². The third kappa shape index (κ3) is 4.48. The number of sulfonamides is 1. The molecule has 1 atom stereocenters. The molecule has 0 radical (unpaired) electrons. The molecule has 0 aliphatic rings. The molecule has 0 saturated carbocycles. The smallest absolute Gasteiger partial charge is 0.240 e. The Labute approximate surface area is 126 Å². The lowest BCUT2D eigenvalue weighted by Crippen LogP contribution is -2.36. The van der Waals surface area contributed by atoms with Gasteiger partial charge in [-0.1, -0.05) is 19.9 Å². The van der Waals surface area contributed by atoms with E-state index in [-0.39, 0.29) is 17.5 Å². The Hall–Kier alpha value is -0.560. The van der Waals surface area contributed by atoms with Gasteiger partial charge in [-0.25, -0.2) is 13.1 Å². The standard InChI is InChI=1S/C14H23NO3S2/c1-4-11-6-7-14(8-12(11)9-16)20(17,18)15-13(5-2)10-19-3/h6-8,13,15-16H,4-5,9-10H2,1-3H3. The van der Waals surface area contributed by atoms with Crippen molar-refractivity contribution in [1.29, 1.82) is 0 Å². The number of aliphatic hydroxyl groups excluding tert-OH is 1. The molecule has 1 unspecified atom stereocenters. The minimum atomic E-state index is -3.53. The van der Waals surface area contributed by atoms with Gasteiger partial charge in [-0.3, -0.25) is 0 Å². The van der Waals surface area contributed by atoms with E-state index in [0.29, 0.717) is 5.56 Å². The number of hydrogen-bond donors (Lipinski definition) is 2. The van der Waals surface area contributed by atoms with Crippen molar-refractivity contribution in [1.82, 2.24) is 4.72 Å². The van der Waals surface area contributed by atoms with Crippen molar-refractivity contribution in [2.45, 2.75) is 44.2 Å². The van der Waals surface area contributed by atoms with Crippen LogP contribution in [0.2, 0.25) is 0 Å². The molecule has 2 N–H and O–H groups in total. The zero-order valence-corrected chi connectivity index (χ0v) is 13.9. The van der Waals surface area contributed by atoms with Gasteiger partial charge in [0.2, 0.25) is 10.0 Å². The topological polar surface area (TPSA) is 66.4 Å². The SMILES string of the molecule is CCc1ccc(S(=O)(=O)NC(CC)CSC)cc1CO. The molecule has 0 saturated heterocycles. The molecule has 0 fully saturated rings. The zero-order valence-electron chi connectivity index (χ0n) is 12.2. The van der Waals surface area contributed by atoms with Gasteiger partial charge < -0.3 is 5.11 Å². The van der Waals surface area contributed by atoms with Crippen LogP contribution in [0.25, 0.3) is 0 Å². The van der Waals surface area contributed by atoms with Gasteiger partial charge >= 0.3 is 0 Å². The third-order valence-corrected chi connectivity index (χ3v) is 5.48. The van der Waals surface area contributed by atoms with Crippen LogP contribution in [-0.4, -0.2) is 31.6 Å². The van der Waals surface area contributed by atoms with Crippen LogP contribution in [0, 0.1) is 0 Å². The van der Waals surface area contributed by atoms with E-state index in [9.17, 15) is 13.5 Å². The Morgan fingerprint density at radius 1 is 1.30 bits per heavy atom. The predicted octanol–water partition coefficient (Wildman–Crippen LogP) is 2.16. The van der Waals surface area contributed by atoms with Gasteiger partial charge in [-0.15, -0.1) is 0 Å². The molecular weight excluding hydrogens is 294 g/mol. The molecule has 1 aromatic rings. The van der Waals surface area contributed by atoms with E-state index in [4.69, 9.17) is 0 Å². The maximum absolute atomic E-state index is 12.3. The summed E-state index contributed by atoms with van der Waals surface area (Å²) in [7, 11) is -3.53. The maximum Gasteiger partial charge on any atom is 0.240 e. The number of benzene rings is 1. The quantitative estimate of drug-likeness (QED) is 0.771. The number of thioether (sulfide) groups is 1. The Morgan fingerprint density at radius 2 is 2.00 bits per heavy atom. The predicted molar refractivity (Wildman–Crippen MR) is 84.5 cm³/mol. The highest BCUT2D eigenvalue weighted by Crippen LogP contribution is 2.18. The number of nitrogens with one attached hydrogen (secondary N) is 1. The van der Waals surface area contributed by atoms with Gasteiger partial charge in [0.1, 0.15) is 0 Å². The summed E-state index contributed by atoms with van der Waals surface area (Å²) in [4.78, 5) is 0.221. The summed E-state index contributed by atoms with van der Waals surface area (Å²) < 4.78 is 27.4. The molecular formula is C14H23NO3S2. The van der Waals surface area contributed by atoms with Crippen molar-refractivity contribution in [3.63, 3.8) is 0 Å². The number of aryl methyl sites for hydroxylation is 1. The van der Waals surface area contributed by atoms with Crippen molar-refractivity contribution < 1.29 is 13.5 Å². The number of hydrogen-bond acceptors (Lipinski definition) is 4. The summed E-state index contributed by atoms with van der Waals surface area (Å²) in [6, 6.07) is 4.87. The lowest BCUT2D eigenvalue weighted by atomic mass is 10.1. The fourth-order valence-electron chi connectivity index (χ4n) is 1.99. The third-order valence-electron chi connectivity index (χ3n) is 3.22. The summed E-state index contributed by atoms with van der Waals surface area (Å²) in [5, 5.41) is 9.33. The van der Waals surface area contributed by atoms with E-state index in [1.54, 1.807) is 30.0 Å². The van der Waals surface area contributed by atoms with E-state index in [0.717, 1.165) is 24.2 Å². The second-order valence-corrected chi connectivity index (χ2v) is 7.25. The minimum absolute atomic E-state index is 0.0709. The van der Waals surface area contributed by atoms with Crippen LogP contribution in [0.1, 0.15) is 31.4 Å². The van der Waals surface area contributed by atoms with E-state index >= 15 is 0 Å². The van der Waals surface area contributed by atoms with E-state index in [1.807, 2.05) is 20.1 Å². The molecule has 20 heavy (non-hydrogen) atoms. The molecule has 0 amide bonds. The molecule has 0 spiro atoms. The van der Waals surface area contributed by atoms with Crippen LogP contribution in [0.3, 0.4) is 0 Å². The summed E-state index contributed by atoms with van der Waals surface area (Å²) in [5.41, 5.74) is 1.65. The second kappa shape index (κ2) is 8.02. The molecule has 1 rings (SSSR count). The fourth-order valence-corrected chi connectivity index (χ4v) is 4.18. The molecule has 4 nitrogen and oxygen atoms in total. The van der Waals surface area contributed by atoms with Crippen molar-refractivity contribution in [2.75, 3.05) is 12.0 Å². The summed E-state index contributed by atoms with van der Waals surface area (Å²) >= 11 is 1.62. The van der Waals surface area contributed by atoms with Gasteiger partial charge in [0.15, 0.2) is 0 Å². The van der Waals surface area contributed by atoms with Gasteiger partial charge in [-0.2, -0.15) is 11.8 Å². The largest absolute Gasteiger partial charge is 0.392 e. The van der Waals surface area contributed by atoms with Crippen LogP contribution >= 0.6 is 11.8 Å². The van der Waals surface area contributed by atoms with Crippen LogP contribution in [-0.2, 0) is 23.1 Å². The van der Waals surface area contributed by atoms with Crippen molar-refractivity contribution >= 4 is 21.8 Å². The molecule has 0 heterocycles. The first-order valence-corrected chi connectivity index (χ1v) is 9.60. The van der Waals surface area contributed by atoms with Gasteiger partial charge in [0.25, 0.3) is 0 Å². The average molecular weight is 317 g/mol. The molecule has 114 valence electrons. The summed E-state index contributed by atoms with van der Waals surface area (Å²) in [6.07, 6.45) is 3.48. The zero-order chi connectivity index (χ0) is 15.2. The average Bonchev–Trinajstić information content (AvgIpc) is 2.45. The molecule has 0 aliphatic carbocycles. The van der Waals surface area contributed by atoms with Crippen LogP contribution in [0.15, 0.2) is 23.1 Å². The Morgan fingerprint density at radius 3 is 2.50 bits per heavy atom. The highest BCUT2D eigenvalue weighted by Gasteiger charge is 2.19. The highest BCUT2D eigenvalue weighted by atomic mass is 32.2. The maximum atomic E-state index is 12.3. The van der Waals surface area contributed by atoms with Crippen LogP contribution < -0.4 is 4.72 Å². The van der Waals surface area contributed by atoms with E-state index in [1.165, 1.54) is 0 Å². The van der Waals surface area contributed by atoms with Crippen LogP contribution in [0.5, 0.6) is 0 Å². The Kier molecular flexibility index (Phi) is 7.02. The summed E-state index contributed by atoms with van der Waals surface area (Å²) in [6.45, 7) is 3.80. The van der Waals surface area contributed by atoms with E-state index < -0.39 is 10.0 Å².